The summed E-state index contributed by atoms with van der Waals surface area (Å²) < 4.78 is 7.16. The van der Waals surface area contributed by atoms with E-state index in [2.05, 4.69) is 4.98 Å². The molecule has 0 spiro atoms. The van der Waals surface area contributed by atoms with Crippen LogP contribution < -0.4 is 4.74 Å². The number of methoxy groups -OCH3 is 1. The second-order valence-electron chi connectivity index (χ2n) is 3.93. The van der Waals surface area contributed by atoms with Crippen molar-refractivity contribution in [3.8, 4) is 5.75 Å². The molecule has 0 fully saturated rings. The minimum absolute atomic E-state index is 0.0216. The van der Waals surface area contributed by atoms with E-state index in [1.807, 2.05) is 29.8 Å². The Balaban J connectivity index is 2.22. The first-order chi connectivity index (χ1) is 8.76. The molecule has 1 aromatic heterocycles. The minimum Gasteiger partial charge on any atom is -0.496 e. The van der Waals surface area contributed by atoms with Crippen molar-refractivity contribution in [3.63, 3.8) is 0 Å². The highest BCUT2D eigenvalue weighted by Gasteiger charge is 2.14. The third kappa shape index (κ3) is 2.42. The van der Waals surface area contributed by atoms with Gasteiger partial charge in [0.15, 0.2) is 5.78 Å². The molecular weight excluding hydrogens is 228 g/mol. The molecule has 0 saturated heterocycles. The van der Waals surface area contributed by atoms with Crippen molar-refractivity contribution in [2.45, 2.75) is 19.9 Å². The molecule has 0 aliphatic carbocycles. The first kappa shape index (κ1) is 12.4. The second kappa shape index (κ2) is 5.49. The molecule has 18 heavy (non-hydrogen) atoms. The number of ether oxygens (including phenoxy) is 1. The summed E-state index contributed by atoms with van der Waals surface area (Å²) in [5, 5.41) is 0. The number of aryl methyl sites for hydroxylation is 1. The Morgan fingerprint density at radius 3 is 2.89 bits per heavy atom. The molecule has 0 aliphatic rings. The molecule has 0 aliphatic heterocycles. The highest BCUT2D eigenvalue weighted by atomic mass is 16.5. The maximum atomic E-state index is 12.2. The lowest BCUT2D eigenvalue weighted by Gasteiger charge is -2.08. The van der Waals surface area contributed by atoms with Gasteiger partial charge in [-0.2, -0.15) is 0 Å². The first-order valence-corrected chi connectivity index (χ1v) is 5.92. The van der Waals surface area contributed by atoms with Crippen LogP contribution in [0.15, 0.2) is 36.7 Å². The van der Waals surface area contributed by atoms with Crippen LogP contribution in [0.3, 0.4) is 0 Å². The van der Waals surface area contributed by atoms with Gasteiger partial charge in [-0.25, -0.2) is 4.98 Å². The van der Waals surface area contributed by atoms with Crippen LogP contribution in [0.5, 0.6) is 5.75 Å². The van der Waals surface area contributed by atoms with Crippen molar-refractivity contribution in [2.24, 2.45) is 0 Å². The Hall–Kier alpha value is -2.10. The van der Waals surface area contributed by atoms with Gasteiger partial charge in [-0.05, 0) is 19.1 Å². The van der Waals surface area contributed by atoms with Gasteiger partial charge in [0.05, 0.1) is 19.1 Å². The maximum absolute atomic E-state index is 12.2. The molecule has 4 heteroatoms. The molecule has 0 amide bonds. The molecular formula is C14H16N2O2. The predicted octanol–water partition coefficient (Wildman–Crippen LogP) is 2.34. The Morgan fingerprint density at radius 1 is 1.39 bits per heavy atom. The van der Waals surface area contributed by atoms with Crippen LogP contribution in [0.25, 0.3) is 0 Å². The number of hydrogen-bond donors (Lipinski definition) is 0. The van der Waals surface area contributed by atoms with Gasteiger partial charge in [0.1, 0.15) is 11.6 Å². The van der Waals surface area contributed by atoms with Crippen molar-refractivity contribution in [3.05, 3.63) is 48.0 Å². The van der Waals surface area contributed by atoms with E-state index in [9.17, 15) is 4.79 Å². The number of hydrogen-bond acceptors (Lipinski definition) is 3. The third-order valence-electron chi connectivity index (χ3n) is 2.87. The molecule has 94 valence electrons. The van der Waals surface area contributed by atoms with Crippen LogP contribution in [0, 0.1) is 0 Å². The average molecular weight is 244 g/mol. The number of ketones is 1. The lowest BCUT2D eigenvalue weighted by molar-refractivity contribution is 0.0987. The molecule has 0 unspecified atom stereocenters. The van der Waals surface area contributed by atoms with Gasteiger partial charge in [-0.15, -0.1) is 0 Å². The van der Waals surface area contributed by atoms with Crippen LogP contribution in [0.2, 0.25) is 0 Å². The summed E-state index contributed by atoms with van der Waals surface area (Å²) in [5.41, 5.74) is 0.602. The van der Waals surface area contributed by atoms with Gasteiger partial charge in [0, 0.05) is 18.9 Å². The SMILES string of the molecule is CCn1ccnc1CC(=O)c1ccccc1OC. The normalized spacial score (nSPS) is 10.3. The Morgan fingerprint density at radius 2 is 2.17 bits per heavy atom. The number of rotatable bonds is 5. The van der Waals surface area contributed by atoms with E-state index in [0.717, 1.165) is 12.4 Å². The summed E-state index contributed by atoms with van der Waals surface area (Å²) in [6, 6.07) is 7.25. The minimum atomic E-state index is 0.0216. The van der Waals surface area contributed by atoms with Crippen molar-refractivity contribution in [1.29, 1.82) is 0 Å². The lowest BCUT2D eigenvalue weighted by Crippen LogP contribution is -2.10. The maximum Gasteiger partial charge on any atom is 0.174 e. The van der Waals surface area contributed by atoms with E-state index in [0.29, 0.717) is 17.7 Å². The van der Waals surface area contributed by atoms with Crippen LogP contribution in [0.4, 0.5) is 0 Å². The van der Waals surface area contributed by atoms with Gasteiger partial charge in [-0.3, -0.25) is 4.79 Å². The van der Waals surface area contributed by atoms with Crippen molar-refractivity contribution in [1.82, 2.24) is 9.55 Å². The quantitative estimate of drug-likeness (QED) is 0.758. The van der Waals surface area contributed by atoms with Gasteiger partial charge in [0.25, 0.3) is 0 Å². The fraction of sp³-hybridized carbons (Fsp3) is 0.286. The smallest absolute Gasteiger partial charge is 0.174 e. The molecule has 0 bridgehead atoms. The molecule has 0 N–H and O–H groups in total. The number of nitrogens with zero attached hydrogens (tertiary/aromatic N) is 2. The van der Waals surface area contributed by atoms with Crippen LogP contribution in [-0.2, 0) is 13.0 Å². The van der Waals surface area contributed by atoms with Crippen molar-refractivity contribution >= 4 is 5.78 Å². The first-order valence-electron chi connectivity index (χ1n) is 5.92. The number of imidazole rings is 1. The highest BCUT2D eigenvalue weighted by Crippen LogP contribution is 2.19. The summed E-state index contributed by atoms with van der Waals surface area (Å²) in [4.78, 5) is 16.4. The van der Waals surface area contributed by atoms with E-state index in [4.69, 9.17) is 4.74 Å². The largest absolute Gasteiger partial charge is 0.496 e. The second-order valence-corrected chi connectivity index (χ2v) is 3.93. The van der Waals surface area contributed by atoms with Crippen LogP contribution >= 0.6 is 0 Å². The Labute approximate surface area is 106 Å². The molecule has 2 rings (SSSR count). The zero-order valence-electron chi connectivity index (χ0n) is 10.6. The van der Waals surface area contributed by atoms with Gasteiger partial charge < -0.3 is 9.30 Å². The fourth-order valence-electron chi connectivity index (χ4n) is 1.91. The monoisotopic (exact) mass is 244 g/mol. The number of aromatic nitrogens is 2. The number of carbonyl (C=O) groups is 1. The zero-order valence-corrected chi connectivity index (χ0v) is 10.6. The van der Waals surface area contributed by atoms with E-state index in [-0.39, 0.29) is 5.78 Å². The molecule has 1 aromatic carbocycles. The summed E-state index contributed by atoms with van der Waals surface area (Å²) in [6.45, 7) is 2.84. The summed E-state index contributed by atoms with van der Waals surface area (Å²) >= 11 is 0. The van der Waals surface area contributed by atoms with Gasteiger partial charge >= 0.3 is 0 Å². The van der Waals surface area contributed by atoms with E-state index in [1.165, 1.54) is 0 Å². The predicted molar refractivity (Wildman–Crippen MR) is 68.9 cm³/mol. The topological polar surface area (TPSA) is 44.1 Å². The number of Topliss-reactive ketones (excluding diaryl/α,β-unsaturated/α-hetero) is 1. The van der Waals surface area contributed by atoms with Gasteiger partial charge in [0.2, 0.25) is 0 Å². The number of carbonyl (C=O) groups excluding carboxylic acids is 1. The fourth-order valence-corrected chi connectivity index (χ4v) is 1.91. The highest BCUT2D eigenvalue weighted by molar-refractivity contribution is 5.99. The summed E-state index contributed by atoms with van der Waals surface area (Å²) in [6.07, 6.45) is 3.89. The Kier molecular flexibility index (Phi) is 3.77. The molecule has 0 radical (unpaired) electrons. The standard InChI is InChI=1S/C14H16N2O2/c1-3-16-9-8-15-14(16)10-12(17)11-6-4-5-7-13(11)18-2/h4-9H,3,10H2,1-2H3. The molecule has 4 nitrogen and oxygen atoms in total. The number of para-hydroxylation sites is 1. The third-order valence-corrected chi connectivity index (χ3v) is 2.87. The zero-order chi connectivity index (χ0) is 13.0. The van der Waals surface area contributed by atoms with E-state index >= 15 is 0 Å². The van der Waals surface area contributed by atoms with E-state index in [1.54, 1.807) is 25.4 Å². The molecule has 0 atom stereocenters. The summed E-state index contributed by atoms with van der Waals surface area (Å²) in [5.74, 6) is 1.42. The van der Waals surface area contributed by atoms with Crippen LogP contribution in [0.1, 0.15) is 23.1 Å². The number of benzene rings is 1. The Bertz CT molecular complexity index is 546. The molecule has 0 saturated carbocycles. The molecule has 2 aromatic rings. The van der Waals surface area contributed by atoms with Crippen molar-refractivity contribution < 1.29 is 9.53 Å². The summed E-state index contributed by atoms with van der Waals surface area (Å²) in [7, 11) is 1.57. The van der Waals surface area contributed by atoms with Crippen LogP contribution in [-0.4, -0.2) is 22.4 Å². The average Bonchev–Trinajstić information content (AvgIpc) is 2.85. The van der Waals surface area contributed by atoms with Gasteiger partial charge in [-0.1, -0.05) is 12.1 Å². The molecule has 1 heterocycles. The van der Waals surface area contributed by atoms with E-state index < -0.39 is 0 Å². The lowest BCUT2D eigenvalue weighted by atomic mass is 10.1. The van der Waals surface area contributed by atoms with Crippen molar-refractivity contribution in [2.75, 3.05) is 7.11 Å².